The number of aromatic carboxylic acids is 1. The molecule has 0 fully saturated rings. The molecule has 0 aromatic heterocycles. The van der Waals surface area contributed by atoms with Crippen molar-refractivity contribution in [1.29, 1.82) is 0 Å². The van der Waals surface area contributed by atoms with Crippen molar-refractivity contribution in [2.24, 2.45) is 5.92 Å². The van der Waals surface area contributed by atoms with Gasteiger partial charge in [-0.25, -0.2) is 4.79 Å². The molecule has 1 N–H and O–H groups in total. The van der Waals surface area contributed by atoms with Crippen LogP contribution < -0.4 is 0 Å². The molecule has 1 aliphatic heterocycles. The number of carbonyl (C=O) groups is 1. The Morgan fingerprint density at radius 3 is 2.86 bits per heavy atom. The Hall–Kier alpha value is -1.35. The van der Waals surface area contributed by atoms with Crippen LogP contribution in [0, 0.1) is 5.92 Å². The lowest BCUT2D eigenvalue weighted by Gasteiger charge is -2.32. The van der Waals surface area contributed by atoms with E-state index in [4.69, 9.17) is 0 Å². The summed E-state index contributed by atoms with van der Waals surface area (Å²) in [5.74, 6) is -0.0242. The zero-order chi connectivity index (χ0) is 15.2. The van der Waals surface area contributed by atoms with Crippen molar-refractivity contribution in [3.63, 3.8) is 0 Å². The zero-order valence-electron chi connectivity index (χ0n) is 13.3. The number of rotatable bonds is 7. The molecule has 1 heterocycles. The molecule has 116 valence electrons. The fourth-order valence-corrected chi connectivity index (χ4v) is 3.31. The van der Waals surface area contributed by atoms with Gasteiger partial charge in [0.05, 0.1) is 5.56 Å². The third-order valence-electron chi connectivity index (χ3n) is 4.64. The smallest absolute Gasteiger partial charge is 0.335 e. The Kier molecular flexibility index (Phi) is 5.80. The second kappa shape index (κ2) is 7.60. The van der Waals surface area contributed by atoms with Crippen molar-refractivity contribution < 1.29 is 9.90 Å². The minimum atomic E-state index is -0.797. The summed E-state index contributed by atoms with van der Waals surface area (Å²) in [5, 5.41) is 9.27. The standard InChI is InChI=1S/C18H27NO2/c1-3-5-7-14(4-2)12-19-11-10-16-15(13-19)8-6-9-17(16)18(20)21/h6,8-9,14H,3-5,7,10-13H2,1-2H3,(H,20,21). The molecular formula is C18H27NO2. The Morgan fingerprint density at radius 1 is 1.38 bits per heavy atom. The van der Waals surface area contributed by atoms with Crippen molar-refractivity contribution in [1.82, 2.24) is 4.90 Å². The minimum absolute atomic E-state index is 0.491. The molecule has 0 spiro atoms. The van der Waals surface area contributed by atoms with Gasteiger partial charge in [-0.1, -0.05) is 45.2 Å². The molecule has 0 bridgehead atoms. The van der Waals surface area contributed by atoms with Gasteiger partial charge in [0.1, 0.15) is 0 Å². The van der Waals surface area contributed by atoms with Gasteiger partial charge >= 0.3 is 5.97 Å². The topological polar surface area (TPSA) is 40.5 Å². The third-order valence-corrected chi connectivity index (χ3v) is 4.64. The van der Waals surface area contributed by atoms with E-state index in [9.17, 15) is 9.90 Å². The summed E-state index contributed by atoms with van der Waals surface area (Å²) in [4.78, 5) is 13.8. The summed E-state index contributed by atoms with van der Waals surface area (Å²) >= 11 is 0. The SMILES string of the molecule is CCCCC(CC)CN1CCc2c(cccc2C(=O)O)C1. The van der Waals surface area contributed by atoms with E-state index < -0.39 is 5.97 Å². The van der Waals surface area contributed by atoms with Crippen LogP contribution in [0.1, 0.15) is 61.0 Å². The molecule has 21 heavy (non-hydrogen) atoms. The summed E-state index contributed by atoms with van der Waals surface area (Å²) in [6, 6.07) is 5.69. The molecule has 3 heteroatoms. The van der Waals surface area contributed by atoms with Gasteiger partial charge in [-0.3, -0.25) is 4.90 Å². The van der Waals surface area contributed by atoms with Gasteiger partial charge in [0.25, 0.3) is 0 Å². The predicted octanol–water partition coefficient (Wildman–Crippen LogP) is 3.96. The lowest BCUT2D eigenvalue weighted by Crippen LogP contribution is -2.35. The van der Waals surface area contributed by atoms with Crippen LogP contribution in [0.3, 0.4) is 0 Å². The van der Waals surface area contributed by atoms with Crippen LogP contribution in [0.15, 0.2) is 18.2 Å². The van der Waals surface area contributed by atoms with Gasteiger partial charge in [-0.15, -0.1) is 0 Å². The second-order valence-corrected chi connectivity index (χ2v) is 6.15. The highest BCUT2D eigenvalue weighted by Gasteiger charge is 2.22. The molecule has 3 nitrogen and oxygen atoms in total. The van der Waals surface area contributed by atoms with Gasteiger partial charge < -0.3 is 5.11 Å². The molecule has 0 aliphatic carbocycles. The fourth-order valence-electron chi connectivity index (χ4n) is 3.31. The Labute approximate surface area is 128 Å². The summed E-state index contributed by atoms with van der Waals surface area (Å²) in [6.45, 7) is 7.56. The zero-order valence-corrected chi connectivity index (χ0v) is 13.3. The van der Waals surface area contributed by atoms with Crippen molar-refractivity contribution in [3.05, 3.63) is 34.9 Å². The molecule has 1 atom stereocenters. The van der Waals surface area contributed by atoms with Crippen LogP contribution in [-0.2, 0) is 13.0 Å². The number of benzene rings is 1. The molecule has 1 aromatic carbocycles. The van der Waals surface area contributed by atoms with E-state index in [1.54, 1.807) is 6.07 Å². The van der Waals surface area contributed by atoms with Gasteiger partial charge in [-0.05, 0) is 36.0 Å². The fraction of sp³-hybridized carbons (Fsp3) is 0.611. The summed E-state index contributed by atoms with van der Waals surface area (Å²) in [6.07, 6.45) is 5.99. The Balaban J connectivity index is 2.02. The highest BCUT2D eigenvalue weighted by molar-refractivity contribution is 5.89. The normalized spacial score (nSPS) is 16.5. The van der Waals surface area contributed by atoms with Crippen LogP contribution >= 0.6 is 0 Å². The average molecular weight is 289 g/mol. The quantitative estimate of drug-likeness (QED) is 0.826. The lowest BCUT2D eigenvalue weighted by atomic mass is 9.92. The number of hydrogen-bond acceptors (Lipinski definition) is 2. The first-order valence-electron chi connectivity index (χ1n) is 8.22. The maximum absolute atomic E-state index is 11.3. The summed E-state index contributed by atoms with van der Waals surface area (Å²) in [5.41, 5.74) is 2.74. The van der Waals surface area contributed by atoms with E-state index in [0.29, 0.717) is 5.56 Å². The van der Waals surface area contributed by atoms with E-state index in [1.165, 1.54) is 31.2 Å². The van der Waals surface area contributed by atoms with Crippen LogP contribution in [0.2, 0.25) is 0 Å². The van der Waals surface area contributed by atoms with Crippen LogP contribution in [0.4, 0.5) is 0 Å². The van der Waals surface area contributed by atoms with Crippen molar-refractivity contribution in [2.45, 2.75) is 52.5 Å². The Bertz CT molecular complexity index is 484. The first-order valence-corrected chi connectivity index (χ1v) is 8.22. The molecule has 0 amide bonds. The van der Waals surface area contributed by atoms with Crippen molar-refractivity contribution >= 4 is 5.97 Å². The molecule has 0 radical (unpaired) electrons. The number of nitrogens with zero attached hydrogens (tertiary/aromatic N) is 1. The molecule has 2 rings (SSSR count). The van der Waals surface area contributed by atoms with Gasteiger partial charge in [0, 0.05) is 19.6 Å². The van der Waals surface area contributed by atoms with E-state index in [-0.39, 0.29) is 0 Å². The van der Waals surface area contributed by atoms with Gasteiger partial charge in [-0.2, -0.15) is 0 Å². The van der Waals surface area contributed by atoms with Crippen molar-refractivity contribution in [3.8, 4) is 0 Å². The van der Waals surface area contributed by atoms with E-state index in [0.717, 1.165) is 37.5 Å². The minimum Gasteiger partial charge on any atom is -0.478 e. The largest absolute Gasteiger partial charge is 0.478 e. The number of fused-ring (bicyclic) bond motifs is 1. The highest BCUT2D eigenvalue weighted by atomic mass is 16.4. The molecule has 1 aromatic rings. The summed E-state index contributed by atoms with van der Waals surface area (Å²) in [7, 11) is 0. The van der Waals surface area contributed by atoms with Crippen LogP contribution in [0.5, 0.6) is 0 Å². The first-order chi connectivity index (χ1) is 10.2. The summed E-state index contributed by atoms with van der Waals surface area (Å²) < 4.78 is 0. The maximum Gasteiger partial charge on any atom is 0.335 e. The average Bonchev–Trinajstić information content (AvgIpc) is 2.50. The molecule has 0 saturated carbocycles. The molecular weight excluding hydrogens is 262 g/mol. The molecule has 1 aliphatic rings. The molecule has 1 unspecified atom stereocenters. The second-order valence-electron chi connectivity index (χ2n) is 6.15. The van der Waals surface area contributed by atoms with Crippen molar-refractivity contribution in [2.75, 3.05) is 13.1 Å². The van der Waals surface area contributed by atoms with E-state index >= 15 is 0 Å². The number of unbranched alkanes of at least 4 members (excludes halogenated alkanes) is 1. The van der Waals surface area contributed by atoms with E-state index in [1.807, 2.05) is 6.07 Å². The predicted molar refractivity (Wildman–Crippen MR) is 85.7 cm³/mol. The van der Waals surface area contributed by atoms with Gasteiger partial charge in [0.15, 0.2) is 0 Å². The lowest BCUT2D eigenvalue weighted by molar-refractivity contribution is 0.0694. The Morgan fingerprint density at radius 2 is 2.19 bits per heavy atom. The van der Waals surface area contributed by atoms with Crippen LogP contribution in [-0.4, -0.2) is 29.1 Å². The monoisotopic (exact) mass is 289 g/mol. The maximum atomic E-state index is 11.3. The molecule has 0 saturated heterocycles. The van der Waals surface area contributed by atoms with E-state index in [2.05, 4.69) is 24.8 Å². The highest BCUT2D eigenvalue weighted by Crippen LogP contribution is 2.24. The number of carboxylic acids is 1. The van der Waals surface area contributed by atoms with Gasteiger partial charge in [0.2, 0.25) is 0 Å². The van der Waals surface area contributed by atoms with Crippen LogP contribution in [0.25, 0.3) is 0 Å². The third kappa shape index (κ3) is 4.07. The number of carboxylic acid groups (broad SMARTS) is 1. The number of hydrogen-bond donors (Lipinski definition) is 1. The first kappa shape index (κ1) is 16.0.